The maximum atomic E-state index is 11.8. The van der Waals surface area contributed by atoms with Crippen LogP contribution in [0.3, 0.4) is 0 Å². The van der Waals surface area contributed by atoms with Crippen molar-refractivity contribution in [3.8, 4) is 5.75 Å². The number of carbonyl (C=O) groups is 1. The number of fused-ring (bicyclic) bond motifs is 1. The molecule has 2 aromatic heterocycles. The van der Waals surface area contributed by atoms with Crippen LogP contribution >= 0.6 is 0 Å². The molecule has 0 fully saturated rings. The molecule has 0 saturated carbocycles. The SMILES string of the molecule is O=C(NC1CCOc2cccnc21)c1ncco1. The molecule has 0 radical (unpaired) electrons. The van der Waals surface area contributed by atoms with Crippen molar-refractivity contribution in [1.29, 1.82) is 0 Å². The molecule has 0 bridgehead atoms. The van der Waals surface area contributed by atoms with Crippen molar-refractivity contribution in [2.24, 2.45) is 0 Å². The van der Waals surface area contributed by atoms with Gasteiger partial charge < -0.3 is 14.5 Å². The van der Waals surface area contributed by atoms with Crippen LogP contribution in [-0.4, -0.2) is 22.5 Å². The summed E-state index contributed by atoms with van der Waals surface area (Å²) < 4.78 is 10.4. The first-order chi connectivity index (χ1) is 8.84. The number of rotatable bonds is 2. The van der Waals surface area contributed by atoms with E-state index >= 15 is 0 Å². The monoisotopic (exact) mass is 245 g/mol. The van der Waals surface area contributed by atoms with Gasteiger partial charge in [-0.3, -0.25) is 9.78 Å². The van der Waals surface area contributed by atoms with Crippen LogP contribution < -0.4 is 10.1 Å². The van der Waals surface area contributed by atoms with Crippen molar-refractivity contribution in [2.75, 3.05) is 6.61 Å². The molecule has 1 aliphatic rings. The van der Waals surface area contributed by atoms with Crippen LogP contribution in [0.5, 0.6) is 5.75 Å². The van der Waals surface area contributed by atoms with E-state index in [2.05, 4.69) is 15.3 Å². The van der Waals surface area contributed by atoms with Crippen molar-refractivity contribution in [3.05, 3.63) is 42.4 Å². The smallest absolute Gasteiger partial charge is 0.307 e. The highest BCUT2D eigenvalue weighted by atomic mass is 16.5. The van der Waals surface area contributed by atoms with Gasteiger partial charge in [0.15, 0.2) is 0 Å². The minimum Gasteiger partial charge on any atom is -0.491 e. The van der Waals surface area contributed by atoms with Crippen molar-refractivity contribution in [1.82, 2.24) is 15.3 Å². The molecule has 3 heterocycles. The fourth-order valence-electron chi connectivity index (χ4n) is 1.91. The summed E-state index contributed by atoms with van der Waals surface area (Å²) in [6.07, 6.45) is 5.16. The Balaban J connectivity index is 1.80. The van der Waals surface area contributed by atoms with Gasteiger partial charge in [-0.25, -0.2) is 4.98 Å². The number of aromatic nitrogens is 2. The van der Waals surface area contributed by atoms with E-state index in [9.17, 15) is 4.79 Å². The Bertz CT molecular complexity index is 553. The quantitative estimate of drug-likeness (QED) is 0.863. The van der Waals surface area contributed by atoms with Gasteiger partial charge in [0, 0.05) is 12.6 Å². The van der Waals surface area contributed by atoms with E-state index in [4.69, 9.17) is 9.15 Å². The second-order valence-corrected chi connectivity index (χ2v) is 3.89. The van der Waals surface area contributed by atoms with E-state index < -0.39 is 0 Å². The first kappa shape index (κ1) is 10.8. The summed E-state index contributed by atoms with van der Waals surface area (Å²) in [5.74, 6) is 0.420. The number of ether oxygens (including phenoxy) is 1. The average Bonchev–Trinajstić information content (AvgIpc) is 2.93. The van der Waals surface area contributed by atoms with Crippen LogP contribution in [0.2, 0.25) is 0 Å². The summed E-state index contributed by atoms with van der Waals surface area (Å²) in [5.41, 5.74) is 0.739. The maximum absolute atomic E-state index is 11.8. The Hall–Kier alpha value is -2.37. The summed E-state index contributed by atoms with van der Waals surface area (Å²) >= 11 is 0. The second kappa shape index (κ2) is 4.48. The zero-order valence-electron chi connectivity index (χ0n) is 9.50. The first-order valence-corrected chi connectivity index (χ1v) is 5.62. The van der Waals surface area contributed by atoms with Gasteiger partial charge in [-0.2, -0.15) is 0 Å². The number of oxazole rings is 1. The number of nitrogens with zero attached hydrogens (tertiary/aromatic N) is 2. The fourth-order valence-corrected chi connectivity index (χ4v) is 1.91. The van der Waals surface area contributed by atoms with Crippen LogP contribution in [-0.2, 0) is 0 Å². The second-order valence-electron chi connectivity index (χ2n) is 3.89. The van der Waals surface area contributed by atoms with Gasteiger partial charge in [0.05, 0.1) is 18.8 Å². The lowest BCUT2D eigenvalue weighted by molar-refractivity contribution is 0.0888. The molecule has 1 amide bonds. The number of amides is 1. The zero-order valence-corrected chi connectivity index (χ0v) is 9.50. The zero-order chi connectivity index (χ0) is 12.4. The maximum Gasteiger partial charge on any atom is 0.307 e. The molecule has 92 valence electrons. The molecule has 6 nitrogen and oxygen atoms in total. The third-order valence-electron chi connectivity index (χ3n) is 2.73. The fraction of sp³-hybridized carbons (Fsp3) is 0.250. The van der Waals surface area contributed by atoms with Gasteiger partial charge in [0.25, 0.3) is 5.89 Å². The van der Waals surface area contributed by atoms with Gasteiger partial charge in [-0.15, -0.1) is 0 Å². The van der Waals surface area contributed by atoms with Crippen molar-refractivity contribution in [3.63, 3.8) is 0 Å². The number of carbonyl (C=O) groups excluding carboxylic acids is 1. The van der Waals surface area contributed by atoms with Crippen molar-refractivity contribution in [2.45, 2.75) is 12.5 Å². The van der Waals surface area contributed by atoms with E-state index in [0.717, 1.165) is 5.69 Å². The van der Waals surface area contributed by atoms with Gasteiger partial charge in [-0.1, -0.05) is 0 Å². The Morgan fingerprint density at radius 1 is 1.39 bits per heavy atom. The largest absolute Gasteiger partial charge is 0.491 e. The molecule has 0 saturated heterocycles. The molecule has 0 aliphatic carbocycles. The standard InChI is InChI=1S/C12H11N3O3/c16-11(12-14-5-7-18-12)15-8-3-6-17-9-2-1-4-13-10(8)9/h1-2,4-5,7-8H,3,6H2,(H,15,16). The summed E-state index contributed by atoms with van der Waals surface area (Å²) in [7, 11) is 0. The predicted octanol–water partition coefficient (Wildman–Crippen LogP) is 1.32. The predicted molar refractivity (Wildman–Crippen MR) is 61.1 cm³/mol. The first-order valence-electron chi connectivity index (χ1n) is 5.62. The molecular weight excluding hydrogens is 234 g/mol. The molecule has 0 spiro atoms. The normalized spacial score (nSPS) is 17.7. The Morgan fingerprint density at radius 3 is 3.17 bits per heavy atom. The molecule has 1 N–H and O–H groups in total. The van der Waals surface area contributed by atoms with Gasteiger partial charge in [0.1, 0.15) is 17.7 Å². The van der Waals surface area contributed by atoms with Crippen molar-refractivity contribution < 1.29 is 13.9 Å². The highest BCUT2D eigenvalue weighted by Gasteiger charge is 2.25. The summed E-state index contributed by atoms with van der Waals surface area (Å²) in [6.45, 7) is 0.551. The van der Waals surface area contributed by atoms with Crippen LogP contribution in [0.15, 0.2) is 35.2 Å². The van der Waals surface area contributed by atoms with Gasteiger partial charge in [-0.05, 0) is 12.1 Å². The van der Waals surface area contributed by atoms with E-state index in [1.54, 1.807) is 12.3 Å². The van der Waals surface area contributed by atoms with Crippen LogP contribution in [0.4, 0.5) is 0 Å². The van der Waals surface area contributed by atoms with E-state index in [1.165, 1.54) is 12.5 Å². The number of nitrogens with one attached hydrogen (secondary N) is 1. The minimum absolute atomic E-state index is 0.0546. The Labute approximate surface area is 103 Å². The third-order valence-corrected chi connectivity index (χ3v) is 2.73. The lowest BCUT2D eigenvalue weighted by Crippen LogP contribution is -2.33. The van der Waals surface area contributed by atoms with Gasteiger partial charge >= 0.3 is 5.91 Å². The molecule has 6 heteroatoms. The summed E-state index contributed by atoms with van der Waals surface area (Å²) in [6, 6.07) is 3.47. The average molecular weight is 245 g/mol. The molecule has 2 aromatic rings. The Kier molecular flexibility index (Phi) is 2.68. The number of hydrogen-bond donors (Lipinski definition) is 1. The van der Waals surface area contributed by atoms with E-state index in [-0.39, 0.29) is 17.8 Å². The van der Waals surface area contributed by atoms with Crippen LogP contribution in [0, 0.1) is 0 Å². The molecule has 18 heavy (non-hydrogen) atoms. The lowest BCUT2D eigenvalue weighted by atomic mass is 10.1. The molecule has 1 atom stereocenters. The van der Waals surface area contributed by atoms with Crippen molar-refractivity contribution >= 4 is 5.91 Å². The lowest BCUT2D eigenvalue weighted by Gasteiger charge is -2.24. The molecule has 0 aromatic carbocycles. The van der Waals surface area contributed by atoms with E-state index in [0.29, 0.717) is 18.8 Å². The number of hydrogen-bond acceptors (Lipinski definition) is 5. The molecule has 3 rings (SSSR count). The summed E-state index contributed by atoms with van der Waals surface area (Å²) in [5, 5.41) is 2.84. The highest BCUT2D eigenvalue weighted by molar-refractivity contribution is 5.89. The van der Waals surface area contributed by atoms with Gasteiger partial charge in [0.2, 0.25) is 0 Å². The van der Waals surface area contributed by atoms with E-state index in [1.807, 2.05) is 6.07 Å². The number of pyridine rings is 1. The minimum atomic E-state index is -0.344. The molecular formula is C12H11N3O3. The summed E-state index contributed by atoms with van der Waals surface area (Å²) in [4.78, 5) is 19.9. The third kappa shape index (κ3) is 1.92. The van der Waals surface area contributed by atoms with Crippen LogP contribution in [0.1, 0.15) is 28.8 Å². The molecule has 1 aliphatic heterocycles. The Morgan fingerprint density at radius 2 is 2.33 bits per heavy atom. The topological polar surface area (TPSA) is 77.2 Å². The van der Waals surface area contributed by atoms with Crippen LogP contribution in [0.25, 0.3) is 0 Å². The molecule has 1 unspecified atom stereocenters. The highest BCUT2D eigenvalue weighted by Crippen LogP contribution is 2.29.